The lowest BCUT2D eigenvalue weighted by atomic mass is 10.1. The Hall–Kier alpha value is -0.500. The molecule has 0 aromatic carbocycles. The molecule has 1 aliphatic rings. The minimum atomic E-state index is 0.661. The molecule has 0 spiro atoms. The van der Waals surface area contributed by atoms with Crippen molar-refractivity contribution in [2.24, 2.45) is 5.92 Å². The molecular weight excluding hydrogens is 160 g/mol. The van der Waals surface area contributed by atoms with Gasteiger partial charge in [-0.15, -0.1) is 0 Å². The molecule has 1 saturated heterocycles. The molecule has 0 N–H and O–H groups in total. The van der Waals surface area contributed by atoms with Gasteiger partial charge in [0.15, 0.2) is 0 Å². The molecule has 2 heteroatoms. The van der Waals surface area contributed by atoms with Crippen LogP contribution < -0.4 is 0 Å². The Bertz CT molecular complexity index is 177. The van der Waals surface area contributed by atoms with Gasteiger partial charge in [0.05, 0.1) is 0 Å². The van der Waals surface area contributed by atoms with E-state index in [1.807, 2.05) is 0 Å². The highest BCUT2D eigenvalue weighted by atomic mass is 15.3. The fourth-order valence-corrected chi connectivity index (χ4v) is 1.95. The average molecular weight is 182 g/mol. The summed E-state index contributed by atoms with van der Waals surface area (Å²) >= 11 is 0. The van der Waals surface area contributed by atoms with Gasteiger partial charge >= 0.3 is 0 Å². The Morgan fingerprint density at radius 2 is 1.69 bits per heavy atom. The lowest BCUT2D eigenvalue weighted by Crippen LogP contribution is -2.44. The molecule has 13 heavy (non-hydrogen) atoms. The molecule has 0 atom stereocenters. The van der Waals surface area contributed by atoms with E-state index in [1.54, 1.807) is 0 Å². The molecule has 0 saturated carbocycles. The first kappa shape index (κ1) is 10.6. The normalized spacial score (nSPS) is 21.3. The molecule has 2 nitrogen and oxygen atoms in total. The van der Waals surface area contributed by atoms with Crippen LogP contribution in [-0.2, 0) is 0 Å². The maximum atomic E-state index is 2.52. The van der Waals surface area contributed by atoms with Gasteiger partial charge in [-0.3, -0.25) is 0 Å². The topological polar surface area (TPSA) is 6.48 Å². The highest BCUT2D eigenvalue weighted by Gasteiger charge is 2.17. The van der Waals surface area contributed by atoms with Crippen LogP contribution in [0.3, 0.4) is 0 Å². The van der Waals surface area contributed by atoms with Crippen molar-refractivity contribution in [1.29, 1.82) is 0 Å². The summed E-state index contributed by atoms with van der Waals surface area (Å²) in [5.74, 6) is 0.661. The van der Waals surface area contributed by atoms with Gasteiger partial charge in [0, 0.05) is 31.9 Å². The Labute approximate surface area is 82.2 Å². The fourth-order valence-electron chi connectivity index (χ4n) is 1.95. The second-order valence-electron chi connectivity index (χ2n) is 4.16. The van der Waals surface area contributed by atoms with Gasteiger partial charge in [-0.1, -0.05) is 19.9 Å². The van der Waals surface area contributed by atoms with Gasteiger partial charge in [0.2, 0.25) is 0 Å². The van der Waals surface area contributed by atoms with Crippen LogP contribution in [0.5, 0.6) is 0 Å². The number of likely N-dealkylation sites (N-methyl/N-ethyl adjacent to an activating group) is 1. The number of hydrogen-bond acceptors (Lipinski definition) is 2. The molecule has 0 bridgehead atoms. The van der Waals surface area contributed by atoms with Crippen LogP contribution in [0.25, 0.3) is 0 Å². The second kappa shape index (κ2) is 4.66. The zero-order valence-corrected chi connectivity index (χ0v) is 9.38. The number of piperazine rings is 1. The van der Waals surface area contributed by atoms with E-state index in [2.05, 4.69) is 43.7 Å². The Morgan fingerprint density at radius 3 is 2.08 bits per heavy atom. The summed E-state index contributed by atoms with van der Waals surface area (Å²) in [6.45, 7) is 11.5. The highest BCUT2D eigenvalue weighted by Crippen LogP contribution is 2.16. The monoisotopic (exact) mass is 182 g/mol. The van der Waals surface area contributed by atoms with Gasteiger partial charge in [-0.25, -0.2) is 0 Å². The summed E-state index contributed by atoms with van der Waals surface area (Å²) in [7, 11) is 2.20. The van der Waals surface area contributed by atoms with Gasteiger partial charge < -0.3 is 9.80 Å². The Morgan fingerprint density at radius 1 is 1.15 bits per heavy atom. The maximum Gasteiger partial charge on any atom is 0.0303 e. The summed E-state index contributed by atoms with van der Waals surface area (Å²) in [5, 5.41) is 0. The van der Waals surface area contributed by atoms with E-state index < -0.39 is 0 Å². The first-order valence-electron chi connectivity index (χ1n) is 5.25. The zero-order valence-electron chi connectivity index (χ0n) is 9.38. The Kier molecular flexibility index (Phi) is 3.79. The number of allylic oxidation sites excluding steroid dienone is 2. The highest BCUT2D eigenvalue weighted by molar-refractivity contribution is 5.03. The van der Waals surface area contributed by atoms with Crippen molar-refractivity contribution in [3.05, 3.63) is 11.8 Å². The van der Waals surface area contributed by atoms with Crippen molar-refractivity contribution in [1.82, 2.24) is 9.80 Å². The molecule has 76 valence electrons. The summed E-state index contributed by atoms with van der Waals surface area (Å²) < 4.78 is 0. The third-order valence-corrected chi connectivity index (χ3v) is 2.76. The first-order valence-corrected chi connectivity index (χ1v) is 5.25. The largest absolute Gasteiger partial charge is 0.372 e. The zero-order chi connectivity index (χ0) is 9.84. The molecule has 1 fully saturated rings. The molecule has 0 amide bonds. The minimum Gasteiger partial charge on any atom is -0.372 e. The van der Waals surface area contributed by atoms with E-state index in [0.29, 0.717) is 5.92 Å². The molecule has 0 aromatic heterocycles. The smallest absolute Gasteiger partial charge is 0.0303 e. The molecule has 1 rings (SSSR count). The van der Waals surface area contributed by atoms with Gasteiger partial charge in [0.25, 0.3) is 0 Å². The number of nitrogens with zero attached hydrogens (tertiary/aromatic N) is 2. The van der Waals surface area contributed by atoms with Crippen LogP contribution >= 0.6 is 0 Å². The van der Waals surface area contributed by atoms with Crippen molar-refractivity contribution in [2.45, 2.75) is 20.8 Å². The van der Waals surface area contributed by atoms with Crippen molar-refractivity contribution in [3.8, 4) is 0 Å². The fraction of sp³-hybridized carbons (Fsp3) is 0.818. The van der Waals surface area contributed by atoms with Crippen molar-refractivity contribution < 1.29 is 0 Å². The van der Waals surface area contributed by atoms with Crippen LogP contribution in [0.15, 0.2) is 11.8 Å². The number of rotatable bonds is 2. The second-order valence-corrected chi connectivity index (χ2v) is 4.16. The van der Waals surface area contributed by atoms with Crippen molar-refractivity contribution in [3.63, 3.8) is 0 Å². The third-order valence-electron chi connectivity index (χ3n) is 2.76. The van der Waals surface area contributed by atoms with Crippen LogP contribution in [0.2, 0.25) is 0 Å². The first-order chi connectivity index (χ1) is 6.15. The van der Waals surface area contributed by atoms with E-state index in [0.717, 1.165) is 0 Å². The van der Waals surface area contributed by atoms with E-state index in [1.165, 1.54) is 31.9 Å². The Balaban J connectivity index is 2.52. The summed E-state index contributed by atoms with van der Waals surface area (Å²) in [4.78, 5) is 4.91. The van der Waals surface area contributed by atoms with Crippen LogP contribution in [0.4, 0.5) is 0 Å². The predicted molar refractivity (Wildman–Crippen MR) is 57.7 cm³/mol. The molecule has 0 aliphatic carbocycles. The van der Waals surface area contributed by atoms with Gasteiger partial charge in [-0.05, 0) is 19.9 Å². The summed E-state index contributed by atoms with van der Waals surface area (Å²) in [6, 6.07) is 0. The number of hydrogen-bond donors (Lipinski definition) is 0. The molecular formula is C11H22N2. The van der Waals surface area contributed by atoms with Crippen LogP contribution in [-0.4, -0.2) is 43.0 Å². The van der Waals surface area contributed by atoms with E-state index in [-0.39, 0.29) is 0 Å². The van der Waals surface area contributed by atoms with E-state index in [9.17, 15) is 0 Å². The van der Waals surface area contributed by atoms with E-state index in [4.69, 9.17) is 0 Å². The molecule has 0 unspecified atom stereocenters. The third kappa shape index (κ3) is 2.73. The van der Waals surface area contributed by atoms with E-state index >= 15 is 0 Å². The molecule has 1 aliphatic heterocycles. The summed E-state index contributed by atoms with van der Waals surface area (Å²) in [6.07, 6.45) is 2.26. The molecule has 0 radical (unpaired) electrons. The maximum absolute atomic E-state index is 2.52. The van der Waals surface area contributed by atoms with Crippen LogP contribution in [0, 0.1) is 5.92 Å². The van der Waals surface area contributed by atoms with Gasteiger partial charge in [-0.2, -0.15) is 0 Å². The van der Waals surface area contributed by atoms with Crippen molar-refractivity contribution in [2.75, 3.05) is 33.2 Å². The quantitative estimate of drug-likeness (QED) is 0.642. The SMILES string of the molecule is CC=C(C(C)C)N1CCN(C)CC1. The average Bonchev–Trinajstić information content (AvgIpc) is 2.09. The standard InChI is InChI=1S/C11H22N2/c1-5-11(10(2)3)13-8-6-12(4)7-9-13/h5,10H,6-9H2,1-4H3. The lowest BCUT2D eigenvalue weighted by molar-refractivity contribution is 0.175. The lowest BCUT2D eigenvalue weighted by Gasteiger charge is -2.37. The molecule has 0 aromatic rings. The molecule has 1 heterocycles. The van der Waals surface area contributed by atoms with Crippen LogP contribution in [0.1, 0.15) is 20.8 Å². The van der Waals surface area contributed by atoms with Crippen molar-refractivity contribution >= 4 is 0 Å². The summed E-state index contributed by atoms with van der Waals surface area (Å²) in [5.41, 5.74) is 1.51. The van der Waals surface area contributed by atoms with Gasteiger partial charge in [0.1, 0.15) is 0 Å². The minimum absolute atomic E-state index is 0.661. The predicted octanol–water partition coefficient (Wildman–Crippen LogP) is 1.79.